The van der Waals surface area contributed by atoms with E-state index in [9.17, 15) is 16.8 Å². The monoisotopic (exact) mass is 406 g/mol. The van der Waals surface area contributed by atoms with E-state index in [0.717, 1.165) is 23.4 Å². The van der Waals surface area contributed by atoms with Crippen molar-refractivity contribution in [3.05, 3.63) is 72.3 Å². The average molecular weight is 406 g/mol. The molecular formula is C17H18N4O4S2. The van der Waals surface area contributed by atoms with Gasteiger partial charge in [-0.15, -0.1) is 0 Å². The zero-order chi connectivity index (χ0) is 19.5. The SMILES string of the molecule is CS(=O)(=O)c1cccc(S(=O)(=O)NCc2ccccc2Cn2cncn2)c1. The molecule has 0 unspecified atom stereocenters. The Balaban J connectivity index is 1.81. The highest BCUT2D eigenvalue weighted by Gasteiger charge is 2.17. The van der Waals surface area contributed by atoms with Gasteiger partial charge in [-0.1, -0.05) is 30.3 Å². The molecule has 0 aliphatic rings. The van der Waals surface area contributed by atoms with Crippen molar-refractivity contribution in [3.8, 4) is 0 Å². The van der Waals surface area contributed by atoms with E-state index in [4.69, 9.17) is 0 Å². The van der Waals surface area contributed by atoms with Gasteiger partial charge in [0.2, 0.25) is 10.0 Å². The van der Waals surface area contributed by atoms with Crippen LogP contribution >= 0.6 is 0 Å². The molecule has 1 aromatic heterocycles. The second-order valence-electron chi connectivity index (χ2n) is 5.93. The number of benzene rings is 2. The fraction of sp³-hybridized carbons (Fsp3) is 0.176. The predicted molar refractivity (Wildman–Crippen MR) is 99.1 cm³/mol. The molecule has 0 saturated carbocycles. The van der Waals surface area contributed by atoms with Crippen LogP contribution in [0.25, 0.3) is 0 Å². The van der Waals surface area contributed by atoms with E-state index >= 15 is 0 Å². The maximum atomic E-state index is 12.6. The summed E-state index contributed by atoms with van der Waals surface area (Å²) in [6, 6.07) is 12.7. The van der Waals surface area contributed by atoms with Crippen molar-refractivity contribution in [2.45, 2.75) is 22.9 Å². The normalized spacial score (nSPS) is 12.2. The zero-order valence-corrected chi connectivity index (χ0v) is 16.1. The number of rotatable bonds is 7. The van der Waals surface area contributed by atoms with Crippen LogP contribution in [0.2, 0.25) is 0 Å². The highest BCUT2D eigenvalue weighted by atomic mass is 32.2. The number of hydrogen-bond acceptors (Lipinski definition) is 6. The molecule has 27 heavy (non-hydrogen) atoms. The summed E-state index contributed by atoms with van der Waals surface area (Å²) in [5, 5.41) is 4.05. The molecule has 0 spiro atoms. The lowest BCUT2D eigenvalue weighted by molar-refractivity contribution is 0.580. The van der Waals surface area contributed by atoms with E-state index in [-0.39, 0.29) is 16.3 Å². The molecule has 8 nitrogen and oxygen atoms in total. The Morgan fingerprint density at radius 2 is 1.67 bits per heavy atom. The number of hydrogen-bond donors (Lipinski definition) is 1. The Morgan fingerprint density at radius 1 is 0.963 bits per heavy atom. The summed E-state index contributed by atoms with van der Waals surface area (Å²) in [6.45, 7) is 0.526. The van der Waals surface area contributed by atoms with E-state index in [1.54, 1.807) is 11.0 Å². The summed E-state index contributed by atoms with van der Waals surface area (Å²) in [6.07, 6.45) is 4.05. The summed E-state index contributed by atoms with van der Waals surface area (Å²) >= 11 is 0. The summed E-state index contributed by atoms with van der Waals surface area (Å²) < 4.78 is 52.6. The molecule has 1 N–H and O–H groups in total. The van der Waals surface area contributed by atoms with E-state index in [2.05, 4.69) is 14.8 Å². The van der Waals surface area contributed by atoms with Gasteiger partial charge in [-0.2, -0.15) is 5.10 Å². The molecule has 1 heterocycles. The highest BCUT2D eigenvalue weighted by Crippen LogP contribution is 2.17. The van der Waals surface area contributed by atoms with Crippen LogP contribution in [-0.4, -0.2) is 37.9 Å². The van der Waals surface area contributed by atoms with Crippen molar-refractivity contribution in [2.24, 2.45) is 0 Å². The Kier molecular flexibility index (Phi) is 5.40. The number of sulfone groups is 1. The molecule has 0 aliphatic carbocycles. The van der Waals surface area contributed by atoms with Gasteiger partial charge in [-0.05, 0) is 29.3 Å². The lowest BCUT2D eigenvalue weighted by atomic mass is 10.1. The molecule has 3 aromatic rings. The van der Waals surface area contributed by atoms with Crippen molar-refractivity contribution < 1.29 is 16.8 Å². The first-order chi connectivity index (χ1) is 12.8. The lowest BCUT2D eigenvalue weighted by Crippen LogP contribution is -2.24. The van der Waals surface area contributed by atoms with Gasteiger partial charge >= 0.3 is 0 Å². The molecule has 0 saturated heterocycles. The Bertz CT molecular complexity index is 1140. The zero-order valence-electron chi connectivity index (χ0n) is 14.5. The fourth-order valence-corrected chi connectivity index (χ4v) is 4.29. The third-order valence-electron chi connectivity index (χ3n) is 3.91. The van der Waals surface area contributed by atoms with Crippen LogP contribution in [0.15, 0.2) is 71.0 Å². The predicted octanol–water partition coefficient (Wildman–Crippen LogP) is 1.21. The van der Waals surface area contributed by atoms with Crippen LogP contribution in [0.1, 0.15) is 11.1 Å². The molecule has 0 aliphatic heterocycles. The quantitative estimate of drug-likeness (QED) is 0.631. The average Bonchev–Trinajstić information content (AvgIpc) is 3.13. The minimum atomic E-state index is -3.87. The van der Waals surface area contributed by atoms with Crippen LogP contribution in [0.4, 0.5) is 0 Å². The van der Waals surface area contributed by atoms with Crippen LogP contribution < -0.4 is 4.72 Å². The van der Waals surface area contributed by atoms with E-state index in [0.29, 0.717) is 6.54 Å². The van der Waals surface area contributed by atoms with Gasteiger partial charge < -0.3 is 0 Å². The van der Waals surface area contributed by atoms with Gasteiger partial charge in [0.1, 0.15) is 12.7 Å². The fourth-order valence-electron chi connectivity index (χ4n) is 2.50. The van der Waals surface area contributed by atoms with Crippen LogP contribution in [0.3, 0.4) is 0 Å². The van der Waals surface area contributed by atoms with Crippen LogP contribution in [-0.2, 0) is 33.0 Å². The van der Waals surface area contributed by atoms with Crippen molar-refractivity contribution in [2.75, 3.05) is 6.26 Å². The summed E-state index contributed by atoms with van der Waals surface area (Å²) in [5.41, 5.74) is 1.69. The molecule has 3 rings (SSSR count). The molecular weight excluding hydrogens is 388 g/mol. The number of aromatic nitrogens is 3. The first kappa shape index (κ1) is 19.2. The topological polar surface area (TPSA) is 111 Å². The van der Waals surface area contributed by atoms with Gasteiger partial charge in [0, 0.05) is 12.8 Å². The maximum Gasteiger partial charge on any atom is 0.240 e. The second kappa shape index (κ2) is 7.59. The first-order valence-corrected chi connectivity index (χ1v) is 11.3. The Hall–Kier alpha value is -2.56. The van der Waals surface area contributed by atoms with Gasteiger partial charge in [0.15, 0.2) is 9.84 Å². The molecule has 0 bridgehead atoms. The summed E-state index contributed by atoms with van der Waals surface area (Å²) in [4.78, 5) is 3.75. The third-order valence-corrected chi connectivity index (χ3v) is 6.42. The molecule has 142 valence electrons. The molecule has 0 atom stereocenters. The molecule has 10 heteroatoms. The minimum absolute atomic E-state index is 0.0445. The summed E-state index contributed by atoms with van der Waals surface area (Å²) in [7, 11) is -7.37. The Morgan fingerprint density at radius 3 is 2.33 bits per heavy atom. The lowest BCUT2D eigenvalue weighted by Gasteiger charge is -2.12. The van der Waals surface area contributed by atoms with Crippen LogP contribution in [0.5, 0.6) is 0 Å². The molecule has 0 radical (unpaired) electrons. The standard InChI is InChI=1S/C17H18N4O4S2/c1-26(22,23)16-7-4-8-17(9-16)27(24,25)20-10-14-5-2-3-6-15(14)11-21-13-18-12-19-21/h2-9,12-13,20H,10-11H2,1H3. The van der Waals surface area contributed by atoms with Crippen molar-refractivity contribution >= 4 is 19.9 Å². The van der Waals surface area contributed by atoms with E-state index in [1.165, 1.54) is 24.5 Å². The molecule has 2 aromatic carbocycles. The van der Waals surface area contributed by atoms with E-state index in [1.807, 2.05) is 24.3 Å². The largest absolute Gasteiger partial charge is 0.249 e. The van der Waals surface area contributed by atoms with Gasteiger partial charge in [0.25, 0.3) is 0 Å². The van der Waals surface area contributed by atoms with Crippen molar-refractivity contribution in [1.29, 1.82) is 0 Å². The Labute approximate surface area is 157 Å². The third kappa shape index (κ3) is 4.79. The van der Waals surface area contributed by atoms with Crippen LogP contribution in [0, 0.1) is 0 Å². The summed E-state index contributed by atoms with van der Waals surface area (Å²) in [5.74, 6) is 0. The second-order valence-corrected chi connectivity index (χ2v) is 9.72. The molecule has 0 amide bonds. The number of sulfonamides is 1. The minimum Gasteiger partial charge on any atom is -0.249 e. The number of nitrogens with zero attached hydrogens (tertiary/aromatic N) is 3. The van der Waals surface area contributed by atoms with Gasteiger partial charge in [-0.3, -0.25) is 0 Å². The smallest absolute Gasteiger partial charge is 0.240 e. The first-order valence-electron chi connectivity index (χ1n) is 7.95. The highest BCUT2D eigenvalue weighted by molar-refractivity contribution is 7.91. The van der Waals surface area contributed by atoms with Crippen molar-refractivity contribution in [3.63, 3.8) is 0 Å². The molecule has 0 fully saturated rings. The van der Waals surface area contributed by atoms with Gasteiger partial charge in [0.05, 0.1) is 16.3 Å². The van der Waals surface area contributed by atoms with Gasteiger partial charge in [-0.25, -0.2) is 31.2 Å². The van der Waals surface area contributed by atoms with Crippen molar-refractivity contribution in [1.82, 2.24) is 19.5 Å². The number of nitrogens with one attached hydrogen (secondary N) is 1. The maximum absolute atomic E-state index is 12.6. The van der Waals surface area contributed by atoms with E-state index < -0.39 is 19.9 Å².